The molecular formula is C41H48ClF2N9O4Si. The Kier molecular flexibility index (Phi) is 12.0. The van der Waals surface area contributed by atoms with Gasteiger partial charge >= 0.3 is 12.6 Å². The molecule has 13 nitrogen and oxygen atoms in total. The average Bonchev–Trinajstić information content (AvgIpc) is 3.93. The third-order valence-corrected chi connectivity index (χ3v) is 15.4. The molecule has 3 heterocycles. The van der Waals surface area contributed by atoms with E-state index in [0.717, 1.165) is 5.56 Å². The van der Waals surface area contributed by atoms with Crippen LogP contribution in [0.3, 0.4) is 0 Å². The molecule has 58 heavy (non-hydrogen) atoms. The van der Waals surface area contributed by atoms with Gasteiger partial charge in [0.1, 0.15) is 12.1 Å². The molecule has 0 saturated carbocycles. The van der Waals surface area contributed by atoms with Gasteiger partial charge in [0.15, 0.2) is 14.1 Å². The number of guanidine groups is 1. The second kappa shape index (κ2) is 16.5. The van der Waals surface area contributed by atoms with Crippen LogP contribution >= 0.6 is 11.6 Å². The van der Waals surface area contributed by atoms with Crippen molar-refractivity contribution in [1.82, 2.24) is 40.6 Å². The number of aliphatic imine (C=N–C) groups is 1. The Labute approximate surface area is 342 Å². The summed E-state index contributed by atoms with van der Waals surface area (Å²) in [4.78, 5) is 35.2. The molecule has 0 aliphatic carbocycles. The first-order chi connectivity index (χ1) is 27.3. The van der Waals surface area contributed by atoms with Crippen LogP contribution in [-0.2, 0) is 26.1 Å². The molecule has 1 unspecified atom stereocenters. The number of rotatable bonds is 12. The molecule has 0 spiro atoms. The summed E-state index contributed by atoms with van der Waals surface area (Å²) < 4.78 is 39.8. The van der Waals surface area contributed by atoms with E-state index in [1.54, 1.807) is 42.5 Å². The molecule has 2 aromatic heterocycles. The number of benzene rings is 3. The van der Waals surface area contributed by atoms with Crippen LogP contribution in [0.4, 0.5) is 13.6 Å². The summed E-state index contributed by atoms with van der Waals surface area (Å²) in [6.45, 7) is 13.9. The number of nitrogens with one attached hydrogen (secondary N) is 2. The van der Waals surface area contributed by atoms with Crippen LogP contribution in [0.5, 0.6) is 0 Å². The third kappa shape index (κ3) is 9.19. The molecule has 2 N–H and O–H groups in total. The van der Waals surface area contributed by atoms with Gasteiger partial charge in [-0.3, -0.25) is 9.69 Å². The van der Waals surface area contributed by atoms with E-state index in [9.17, 15) is 13.6 Å². The number of H-pyrrole nitrogens is 1. The van der Waals surface area contributed by atoms with E-state index in [0.29, 0.717) is 43.3 Å². The van der Waals surface area contributed by atoms with Crippen molar-refractivity contribution < 1.29 is 27.5 Å². The van der Waals surface area contributed by atoms with Crippen LogP contribution in [0.1, 0.15) is 77.2 Å². The molecule has 1 fully saturated rings. The average molecular weight is 832 g/mol. The third-order valence-electron chi connectivity index (χ3n) is 10.5. The largest absolute Gasteiger partial charge is 0.443 e. The Morgan fingerprint density at radius 2 is 1.71 bits per heavy atom. The van der Waals surface area contributed by atoms with E-state index in [-0.39, 0.29) is 30.6 Å². The van der Waals surface area contributed by atoms with Gasteiger partial charge in [-0.1, -0.05) is 114 Å². The van der Waals surface area contributed by atoms with Crippen molar-refractivity contribution in [3.63, 3.8) is 0 Å². The number of nitrogens with zero attached hydrogens (tertiary/aromatic N) is 7. The van der Waals surface area contributed by atoms with Gasteiger partial charge in [-0.15, -0.1) is 10.1 Å². The minimum Gasteiger partial charge on any atom is -0.443 e. The molecule has 3 aromatic carbocycles. The Balaban J connectivity index is 1.51. The predicted octanol–water partition coefficient (Wildman–Crippen LogP) is 9.30. The molecule has 306 valence electrons. The Morgan fingerprint density at radius 3 is 2.31 bits per heavy atom. The van der Waals surface area contributed by atoms with Gasteiger partial charge in [-0.25, -0.2) is 14.6 Å². The van der Waals surface area contributed by atoms with Crippen molar-refractivity contribution in [1.29, 1.82) is 0 Å². The van der Waals surface area contributed by atoms with Gasteiger partial charge in [0.2, 0.25) is 5.96 Å². The summed E-state index contributed by atoms with van der Waals surface area (Å²) in [6, 6.07) is 20.7. The van der Waals surface area contributed by atoms with E-state index >= 15 is 4.79 Å². The van der Waals surface area contributed by atoms with Gasteiger partial charge in [-0.2, -0.15) is 13.9 Å². The monoisotopic (exact) mass is 831 g/mol. The number of hydrogen-bond donors (Lipinski definition) is 2. The van der Waals surface area contributed by atoms with Crippen molar-refractivity contribution in [3.8, 4) is 22.5 Å². The van der Waals surface area contributed by atoms with Gasteiger partial charge in [0, 0.05) is 17.3 Å². The number of amides is 2. The zero-order valence-corrected chi connectivity index (χ0v) is 35.5. The quantitative estimate of drug-likeness (QED) is 0.117. The van der Waals surface area contributed by atoms with Crippen LogP contribution in [0.2, 0.25) is 23.2 Å². The lowest BCUT2D eigenvalue weighted by Gasteiger charge is -2.39. The van der Waals surface area contributed by atoms with Crippen LogP contribution in [0, 0.1) is 5.41 Å². The zero-order valence-electron chi connectivity index (χ0n) is 33.8. The highest BCUT2D eigenvalue weighted by atomic mass is 35.5. The second-order valence-corrected chi connectivity index (χ2v) is 22.3. The van der Waals surface area contributed by atoms with E-state index in [2.05, 4.69) is 69.9 Å². The highest BCUT2D eigenvalue weighted by molar-refractivity contribution is 6.74. The Morgan fingerprint density at radius 1 is 1.00 bits per heavy atom. The van der Waals surface area contributed by atoms with Gasteiger partial charge in [-0.05, 0) is 74.8 Å². The SMILES string of the molecule is CC(C)(C)CC1(c2ccc(-c3cnn(C(F)F)c3)cc2)NC(=NC(=O)OCc2ccccc2)N([C@H](CO[Si](C)(C)C(C)(C)C)c2ccc(Cl)c(-c3nnn[nH]3)c2)C1=O. The fourth-order valence-electron chi connectivity index (χ4n) is 6.60. The molecule has 2 amide bonds. The first-order valence-electron chi connectivity index (χ1n) is 18.8. The number of aromatic amines is 1. The molecule has 0 bridgehead atoms. The molecule has 17 heteroatoms. The fourth-order valence-corrected chi connectivity index (χ4v) is 7.81. The predicted molar refractivity (Wildman–Crippen MR) is 219 cm³/mol. The summed E-state index contributed by atoms with van der Waals surface area (Å²) in [5.41, 5.74) is 1.65. The number of tetrazole rings is 1. The highest BCUT2D eigenvalue weighted by Crippen LogP contribution is 2.44. The van der Waals surface area contributed by atoms with E-state index in [1.165, 1.54) is 17.3 Å². The van der Waals surface area contributed by atoms with E-state index in [1.807, 2.05) is 51.1 Å². The number of carbonyl (C=O) groups is 2. The lowest BCUT2D eigenvalue weighted by Crippen LogP contribution is -2.48. The molecule has 5 aromatic rings. The minimum atomic E-state index is -2.79. The topological polar surface area (TPSA) is 153 Å². The molecule has 6 rings (SSSR count). The molecule has 1 aliphatic heterocycles. The summed E-state index contributed by atoms with van der Waals surface area (Å²) in [5.74, 6) is -0.102. The molecule has 0 radical (unpaired) electrons. The first-order valence-corrected chi connectivity index (χ1v) is 22.1. The fraction of sp³-hybridized carbons (Fsp3) is 0.390. The van der Waals surface area contributed by atoms with Crippen molar-refractivity contribution in [2.45, 2.75) is 90.8 Å². The number of halogens is 3. The number of alkyl halides is 2. The lowest BCUT2D eigenvalue weighted by molar-refractivity contribution is -0.134. The Hall–Kier alpha value is -5.32. The summed E-state index contributed by atoms with van der Waals surface area (Å²) >= 11 is 6.68. The lowest BCUT2D eigenvalue weighted by atomic mass is 9.75. The zero-order chi connectivity index (χ0) is 42.0. The minimum absolute atomic E-state index is 0.0312. The number of hydrogen-bond acceptors (Lipinski definition) is 8. The summed E-state index contributed by atoms with van der Waals surface area (Å²) in [5, 5.41) is 21.7. The van der Waals surface area contributed by atoms with Crippen molar-refractivity contribution >= 4 is 37.9 Å². The van der Waals surface area contributed by atoms with Gasteiger partial charge < -0.3 is 14.5 Å². The summed E-state index contributed by atoms with van der Waals surface area (Å²) in [6.07, 6.45) is 1.98. The van der Waals surface area contributed by atoms with Crippen LogP contribution in [-0.4, -0.2) is 68.2 Å². The maximum absolute atomic E-state index is 15.7. The van der Waals surface area contributed by atoms with Gasteiger partial charge in [0.05, 0.1) is 23.9 Å². The first kappa shape index (κ1) is 42.3. The molecular weight excluding hydrogens is 784 g/mol. The van der Waals surface area contributed by atoms with E-state index < -0.39 is 43.9 Å². The Bertz CT molecular complexity index is 2260. The van der Waals surface area contributed by atoms with Crippen molar-refractivity contribution in [2.75, 3.05) is 6.61 Å². The number of aromatic nitrogens is 6. The van der Waals surface area contributed by atoms with Crippen molar-refractivity contribution in [3.05, 3.63) is 107 Å². The maximum Gasteiger partial charge on any atom is 0.437 e. The van der Waals surface area contributed by atoms with Crippen LogP contribution < -0.4 is 5.32 Å². The number of carbonyl (C=O) groups excluding carboxylic acids is 2. The van der Waals surface area contributed by atoms with Crippen molar-refractivity contribution in [2.24, 2.45) is 10.4 Å². The summed E-state index contributed by atoms with van der Waals surface area (Å²) in [7, 11) is -2.45. The number of ether oxygens (including phenoxy) is 1. The maximum atomic E-state index is 15.7. The van der Waals surface area contributed by atoms with E-state index in [4.69, 9.17) is 20.8 Å². The van der Waals surface area contributed by atoms with Crippen LogP contribution in [0.15, 0.2) is 90.2 Å². The smallest absolute Gasteiger partial charge is 0.437 e. The highest BCUT2D eigenvalue weighted by Gasteiger charge is 2.55. The molecule has 2 atom stereocenters. The molecule has 1 aliphatic rings. The normalized spacial score (nSPS) is 17.6. The van der Waals surface area contributed by atoms with Gasteiger partial charge in [0.25, 0.3) is 5.91 Å². The molecule has 1 saturated heterocycles. The standard InChI is InChI=1S/C41H48ClF2N9O4Si/c1-39(2,3)25-41(30-17-14-27(15-18-30)29-21-45-52(22-29)36(43)44)35(54)53(37(47-41)46-38(55)56-23-26-12-10-9-11-13-26)33(24-57-58(7,8)40(4,5)6)28-16-19-32(42)31(20-28)34-48-50-51-49-34/h9-22,33,36H,23-25H2,1-8H3,(H,46,47,55)(H,48,49,50,51)/t33-,41?/m1/s1. The second-order valence-electron chi connectivity index (χ2n) is 17.1. The van der Waals surface area contributed by atoms with Crippen LogP contribution in [0.25, 0.3) is 22.5 Å².